The Kier molecular flexibility index (Phi) is 52.5. The fraction of sp³-hybridized carbons (Fsp3) is 0.951. The van der Waals surface area contributed by atoms with Crippen molar-refractivity contribution in [3.05, 3.63) is 0 Å². The Morgan fingerprint density at radius 3 is 0.731 bits per heavy atom. The van der Waals surface area contributed by atoms with Gasteiger partial charge >= 0.3 is 17.9 Å². The Morgan fingerprint density at radius 2 is 0.493 bits per heavy atom. The van der Waals surface area contributed by atoms with Crippen LogP contribution in [0.4, 0.5) is 0 Å². The highest BCUT2D eigenvalue weighted by Crippen LogP contribution is 2.18. The van der Waals surface area contributed by atoms with Gasteiger partial charge in [-0.2, -0.15) is 0 Å². The van der Waals surface area contributed by atoms with Gasteiger partial charge in [-0.25, -0.2) is 0 Å². The first-order valence-electron chi connectivity index (χ1n) is 30.2. The van der Waals surface area contributed by atoms with Crippen LogP contribution in [-0.2, 0) is 28.6 Å². The summed E-state index contributed by atoms with van der Waals surface area (Å²) in [6, 6.07) is 0. The van der Waals surface area contributed by atoms with Gasteiger partial charge in [0.2, 0.25) is 0 Å². The first kappa shape index (κ1) is 65.4. The summed E-state index contributed by atoms with van der Waals surface area (Å²) >= 11 is 0. The third kappa shape index (κ3) is 55.2. The molecule has 6 heteroatoms. The predicted octanol–water partition coefficient (Wildman–Crippen LogP) is 20.0. The van der Waals surface area contributed by atoms with Crippen molar-refractivity contribution < 1.29 is 28.6 Å². The fourth-order valence-corrected chi connectivity index (χ4v) is 9.40. The van der Waals surface area contributed by atoms with E-state index in [-0.39, 0.29) is 31.1 Å². The Balaban J connectivity index is 4.28. The molecule has 0 aromatic rings. The van der Waals surface area contributed by atoms with Crippen molar-refractivity contribution >= 4 is 17.9 Å². The van der Waals surface area contributed by atoms with Gasteiger partial charge in [-0.05, 0) is 31.1 Å². The zero-order valence-electron chi connectivity index (χ0n) is 46.0. The molecule has 0 aliphatic rings. The lowest BCUT2D eigenvalue weighted by atomic mass is 10.0. The van der Waals surface area contributed by atoms with Crippen molar-refractivity contribution in [2.45, 2.75) is 349 Å². The van der Waals surface area contributed by atoms with E-state index >= 15 is 0 Å². The van der Waals surface area contributed by atoms with E-state index in [1.807, 2.05) is 0 Å². The number of unbranched alkanes of at least 4 members (excludes halogenated alkanes) is 40. The second-order valence-electron chi connectivity index (χ2n) is 21.9. The molecule has 0 aliphatic carbocycles. The summed E-state index contributed by atoms with van der Waals surface area (Å²) in [6.45, 7) is 11.4. The number of carbonyl (C=O) groups excluding carboxylic acids is 3. The van der Waals surface area contributed by atoms with Crippen LogP contribution in [0.2, 0.25) is 0 Å². The molecule has 0 aromatic heterocycles. The lowest BCUT2D eigenvalue weighted by molar-refractivity contribution is -0.167. The van der Waals surface area contributed by atoms with Crippen LogP contribution in [-0.4, -0.2) is 37.2 Å². The SMILES string of the molecule is CCCCCCCCCCCCCCCCCCCCCC(=O)O[C@@H](COC(=O)CCCCCCCCCCCCCCCCC(C)C)COC(=O)CCCCCCCCCCCCC(C)C. The van der Waals surface area contributed by atoms with Gasteiger partial charge in [0.25, 0.3) is 0 Å². The Bertz CT molecular complexity index is 1020. The summed E-state index contributed by atoms with van der Waals surface area (Å²) < 4.78 is 16.9. The van der Waals surface area contributed by atoms with Crippen molar-refractivity contribution in [2.24, 2.45) is 11.8 Å². The summed E-state index contributed by atoms with van der Waals surface area (Å²) in [5.74, 6) is 0.826. The molecule has 0 saturated heterocycles. The molecule has 0 spiro atoms. The molecular weight excluding hydrogens is 829 g/mol. The van der Waals surface area contributed by atoms with Crippen LogP contribution < -0.4 is 0 Å². The van der Waals surface area contributed by atoms with Crippen LogP contribution in [0.3, 0.4) is 0 Å². The van der Waals surface area contributed by atoms with Crippen molar-refractivity contribution in [3.63, 3.8) is 0 Å². The Labute approximate surface area is 418 Å². The number of hydrogen-bond donors (Lipinski definition) is 0. The van der Waals surface area contributed by atoms with Crippen molar-refractivity contribution in [1.29, 1.82) is 0 Å². The first-order valence-corrected chi connectivity index (χ1v) is 30.2. The maximum atomic E-state index is 12.9. The van der Waals surface area contributed by atoms with Crippen LogP contribution in [0.25, 0.3) is 0 Å². The molecule has 6 nitrogen and oxygen atoms in total. The zero-order chi connectivity index (χ0) is 48.9. The van der Waals surface area contributed by atoms with Gasteiger partial charge in [0.05, 0.1) is 0 Å². The van der Waals surface area contributed by atoms with Gasteiger partial charge in [0.15, 0.2) is 6.10 Å². The number of ether oxygens (including phenoxy) is 3. The molecule has 0 saturated carbocycles. The van der Waals surface area contributed by atoms with E-state index in [1.54, 1.807) is 0 Å². The number of carbonyl (C=O) groups is 3. The van der Waals surface area contributed by atoms with E-state index < -0.39 is 6.10 Å². The maximum absolute atomic E-state index is 12.9. The molecule has 0 bridgehead atoms. The van der Waals surface area contributed by atoms with E-state index in [2.05, 4.69) is 34.6 Å². The standard InChI is InChI=1S/C61H118O6/c1-6-7-8-9-10-11-12-13-14-15-16-17-18-23-26-33-38-43-48-53-61(64)67-58(55-66-60(63)52-47-42-37-32-28-27-30-35-40-45-50-57(4)5)54-65-59(62)51-46-41-36-31-25-22-20-19-21-24-29-34-39-44-49-56(2)3/h56-58H,6-55H2,1-5H3/t58-/m0/s1. The normalized spacial score (nSPS) is 12.0. The maximum Gasteiger partial charge on any atom is 0.306 e. The van der Waals surface area contributed by atoms with Crippen molar-refractivity contribution in [2.75, 3.05) is 13.2 Å². The lowest BCUT2D eigenvalue weighted by Gasteiger charge is -2.18. The van der Waals surface area contributed by atoms with E-state index in [0.717, 1.165) is 69.6 Å². The molecule has 0 aromatic carbocycles. The minimum atomic E-state index is -0.763. The first-order chi connectivity index (χ1) is 32.7. The van der Waals surface area contributed by atoms with E-state index in [0.29, 0.717) is 19.3 Å². The van der Waals surface area contributed by atoms with Gasteiger partial charge < -0.3 is 14.2 Å². The second-order valence-corrected chi connectivity index (χ2v) is 21.9. The third-order valence-electron chi connectivity index (χ3n) is 14.0. The van der Waals surface area contributed by atoms with Crippen LogP contribution in [0.15, 0.2) is 0 Å². The third-order valence-corrected chi connectivity index (χ3v) is 14.0. The van der Waals surface area contributed by atoms with Gasteiger partial charge in [0, 0.05) is 19.3 Å². The van der Waals surface area contributed by atoms with Crippen LogP contribution in [0.5, 0.6) is 0 Å². The molecule has 0 fully saturated rings. The molecule has 0 heterocycles. The molecule has 0 N–H and O–H groups in total. The number of esters is 3. The molecule has 0 radical (unpaired) electrons. The zero-order valence-corrected chi connectivity index (χ0v) is 46.0. The highest BCUT2D eigenvalue weighted by atomic mass is 16.6. The highest BCUT2D eigenvalue weighted by Gasteiger charge is 2.19. The Hall–Kier alpha value is -1.59. The molecule has 0 amide bonds. The summed E-state index contributed by atoms with van der Waals surface area (Å²) in [5.41, 5.74) is 0. The van der Waals surface area contributed by atoms with Gasteiger partial charge in [0.1, 0.15) is 13.2 Å². The van der Waals surface area contributed by atoms with Gasteiger partial charge in [-0.15, -0.1) is 0 Å². The fourth-order valence-electron chi connectivity index (χ4n) is 9.40. The molecule has 0 unspecified atom stereocenters. The number of rotatable bonds is 55. The predicted molar refractivity (Wildman–Crippen MR) is 289 cm³/mol. The summed E-state index contributed by atoms with van der Waals surface area (Å²) in [5, 5.41) is 0. The Morgan fingerprint density at radius 1 is 0.284 bits per heavy atom. The van der Waals surface area contributed by atoms with Crippen LogP contribution in [0, 0.1) is 11.8 Å². The molecule has 0 aliphatic heterocycles. The second kappa shape index (κ2) is 53.8. The van der Waals surface area contributed by atoms with Crippen molar-refractivity contribution in [3.8, 4) is 0 Å². The molecule has 0 rings (SSSR count). The molecular formula is C61H118O6. The number of hydrogen-bond acceptors (Lipinski definition) is 6. The topological polar surface area (TPSA) is 78.9 Å². The van der Waals surface area contributed by atoms with E-state index in [1.165, 1.54) is 231 Å². The van der Waals surface area contributed by atoms with Crippen LogP contribution >= 0.6 is 0 Å². The van der Waals surface area contributed by atoms with E-state index in [4.69, 9.17) is 14.2 Å². The summed E-state index contributed by atoms with van der Waals surface area (Å²) in [6.07, 6.45) is 58.1. The van der Waals surface area contributed by atoms with Crippen molar-refractivity contribution in [1.82, 2.24) is 0 Å². The van der Waals surface area contributed by atoms with E-state index in [9.17, 15) is 14.4 Å². The molecule has 1 atom stereocenters. The van der Waals surface area contributed by atoms with Gasteiger partial charge in [-0.3, -0.25) is 14.4 Å². The largest absolute Gasteiger partial charge is 0.462 e. The molecule has 398 valence electrons. The highest BCUT2D eigenvalue weighted by molar-refractivity contribution is 5.71. The minimum absolute atomic E-state index is 0.0626. The smallest absolute Gasteiger partial charge is 0.306 e. The average Bonchev–Trinajstić information content (AvgIpc) is 3.30. The minimum Gasteiger partial charge on any atom is -0.462 e. The monoisotopic (exact) mass is 947 g/mol. The summed E-state index contributed by atoms with van der Waals surface area (Å²) in [7, 11) is 0. The quantitative estimate of drug-likeness (QED) is 0.0343. The lowest BCUT2D eigenvalue weighted by Crippen LogP contribution is -2.30. The molecule has 67 heavy (non-hydrogen) atoms. The van der Waals surface area contributed by atoms with Crippen LogP contribution in [0.1, 0.15) is 343 Å². The van der Waals surface area contributed by atoms with Gasteiger partial charge in [-0.1, -0.05) is 304 Å². The average molecular weight is 948 g/mol. The summed E-state index contributed by atoms with van der Waals surface area (Å²) in [4.78, 5) is 38.2.